The SMILES string of the molecule is CON(C)C(=O)Cc1c(C)n[nH]c1C. The van der Waals surface area contributed by atoms with Gasteiger partial charge in [0.25, 0.3) is 0 Å². The van der Waals surface area contributed by atoms with E-state index in [2.05, 4.69) is 10.2 Å². The fraction of sp³-hybridized carbons (Fsp3) is 0.556. The van der Waals surface area contributed by atoms with E-state index in [-0.39, 0.29) is 5.91 Å². The van der Waals surface area contributed by atoms with Crippen molar-refractivity contribution in [2.24, 2.45) is 0 Å². The molecule has 0 atom stereocenters. The number of hydrogen-bond donors (Lipinski definition) is 1. The Morgan fingerprint density at radius 2 is 2.21 bits per heavy atom. The minimum absolute atomic E-state index is 0.0832. The quantitative estimate of drug-likeness (QED) is 0.721. The zero-order chi connectivity index (χ0) is 10.7. The predicted octanol–water partition coefficient (Wildman–Crippen LogP) is 0.589. The molecule has 78 valence electrons. The van der Waals surface area contributed by atoms with Gasteiger partial charge in [-0.2, -0.15) is 5.10 Å². The number of aromatic amines is 1. The number of aromatic nitrogens is 2. The van der Waals surface area contributed by atoms with Crippen LogP contribution in [0.25, 0.3) is 0 Å². The number of hydrogen-bond acceptors (Lipinski definition) is 3. The van der Waals surface area contributed by atoms with Gasteiger partial charge in [0.05, 0.1) is 19.2 Å². The maximum absolute atomic E-state index is 11.5. The van der Waals surface area contributed by atoms with Gasteiger partial charge in [-0.25, -0.2) is 5.06 Å². The van der Waals surface area contributed by atoms with Crippen LogP contribution in [0.2, 0.25) is 0 Å². The van der Waals surface area contributed by atoms with Gasteiger partial charge in [-0.05, 0) is 13.8 Å². The maximum Gasteiger partial charge on any atom is 0.250 e. The van der Waals surface area contributed by atoms with E-state index in [9.17, 15) is 4.79 Å². The molecule has 0 radical (unpaired) electrons. The summed E-state index contributed by atoms with van der Waals surface area (Å²) in [6.45, 7) is 3.77. The van der Waals surface area contributed by atoms with Gasteiger partial charge in [-0.3, -0.25) is 14.7 Å². The van der Waals surface area contributed by atoms with Gasteiger partial charge < -0.3 is 0 Å². The van der Waals surface area contributed by atoms with Crippen molar-refractivity contribution in [3.63, 3.8) is 0 Å². The molecule has 1 rings (SSSR count). The maximum atomic E-state index is 11.5. The van der Waals surface area contributed by atoms with Crippen molar-refractivity contribution < 1.29 is 9.63 Å². The topological polar surface area (TPSA) is 58.2 Å². The average molecular weight is 197 g/mol. The molecule has 0 saturated carbocycles. The van der Waals surface area contributed by atoms with Gasteiger partial charge in [-0.1, -0.05) is 0 Å². The van der Waals surface area contributed by atoms with E-state index in [4.69, 9.17) is 4.84 Å². The lowest BCUT2D eigenvalue weighted by molar-refractivity contribution is -0.167. The second-order valence-electron chi connectivity index (χ2n) is 3.16. The van der Waals surface area contributed by atoms with Crippen LogP contribution in [0, 0.1) is 13.8 Å². The van der Waals surface area contributed by atoms with Crippen LogP contribution >= 0.6 is 0 Å². The molecule has 1 N–H and O–H groups in total. The van der Waals surface area contributed by atoms with Crippen molar-refractivity contribution in [2.45, 2.75) is 20.3 Å². The number of nitrogens with one attached hydrogen (secondary N) is 1. The third kappa shape index (κ3) is 2.11. The van der Waals surface area contributed by atoms with Crippen LogP contribution in [0.1, 0.15) is 17.0 Å². The number of rotatable bonds is 3. The fourth-order valence-electron chi connectivity index (χ4n) is 1.20. The molecule has 0 aliphatic heterocycles. The van der Waals surface area contributed by atoms with Crippen LogP contribution in [-0.2, 0) is 16.1 Å². The first kappa shape index (κ1) is 10.7. The molecule has 0 aliphatic carbocycles. The van der Waals surface area contributed by atoms with Crippen LogP contribution in [0.4, 0.5) is 0 Å². The number of amides is 1. The van der Waals surface area contributed by atoms with Crippen LogP contribution in [0.5, 0.6) is 0 Å². The van der Waals surface area contributed by atoms with Gasteiger partial charge in [0, 0.05) is 18.3 Å². The fourth-order valence-corrected chi connectivity index (χ4v) is 1.20. The Morgan fingerprint density at radius 3 is 2.64 bits per heavy atom. The van der Waals surface area contributed by atoms with Crippen LogP contribution in [0.15, 0.2) is 0 Å². The first-order valence-electron chi connectivity index (χ1n) is 4.37. The number of likely N-dealkylation sites (N-methyl/N-ethyl adjacent to an activating group) is 1. The molecule has 1 aromatic rings. The van der Waals surface area contributed by atoms with Crippen molar-refractivity contribution in [2.75, 3.05) is 14.2 Å². The zero-order valence-corrected chi connectivity index (χ0v) is 8.92. The average Bonchev–Trinajstić information content (AvgIpc) is 2.48. The first-order valence-corrected chi connectivity index (χ1v) is 4.37. The Bertz CT molecular complexity index is 313. The van der Waals surface area contributed by atoms with Gasteiger partial charge in [0.2, 0.25) is 5.91 Å². The second kappa shape index (κ2) is 4.23. The van der Waals surface area contributed by atoms with E-state index in [1.807, 2.05) is 13.8 Å². The molecule has 0 fully saturated rings. The van der Waals surface area contributed by atoms with E-state index < -0.39 is 0 Å². The van der Waals surface area contributed by atoms with Crippen molar-refractivity contribution in [1.82, 2.24) is 15.3 Å². The zero-order valence-electron chi connectivity index (χ0n) is 8.92. The number of hydroxylamine groups is 2. The molecule has 1 aromatic heterocycles. The minimum Gasteiger partial charge on any atom is -0.282 e. The first-order chi connectivity index (χ1) is 6.56. The predicted molar refractivity (Wildman–Crippen MR) is 51.5 cm³/mol. The van der Waals surface area contributed by atoms with E-state index >= 15 is 0 Å². The van der Waals surface area contributed by atoms with Gasteiger partial charge in [-0.15, -0.1) is 0 Å². The molecule has 14 heavy (non-hydrogen) atoms. The Hall–Kier alpha value is -1.36. The number of carbonyl (C=O) groups excluding carboxylic acids is 1. The second-order valence-corrected chi connectivity index (χ2v) is 3.16. The van der Waals surface area contributed by atoms with Gasteiger partial charge in [0.15, 0.2) is 0 Å². The standard InChI is InChI=1S/C9H15N3O2/c1-6-8(7(2)11-10-6)5-9(13)12(3)14-4/h5H2,1-4H3,(H,10,11). The highest BCUT2D eigenvalue weighted by Crippen LogP contribution is 2.10. The van der Waals surface area contributed by atoms with Gasteiger partial charge >= 0.3 is 0 Å². The van der Waals surface area contributed by atoms with E-state index in [1.54, 1.807) is 7.05 Å². The largest absolute Gasteiger partial charge is 0.282 e. The lowest BCUT2D eigenvalue weighted by Gasteiger charge is -2.13. The number of nitrogens with zero attached hydrogens (tertiary/aromatic N) is 2. The Labute approximate surface area is 83.0 Å². The molecule has 5 heteroatoms. The van der Waals surface area contributed by atoms with E-state index in [1.165, 1.54) is 12.2 Å². The number of carbonyl (C=O) groups is 1. The van der Waals surface area contributed by atoms with E-state index in [0.717, 1.165) is 17.0 Å². The lowest BCUT2D eigenvalue weighted by atomic mass is 10.1. The van der Waals surface area contributed by atoms with E-state index in [0.29, 0.717) is 6.42 Å². The van der Waals surface area contributed by atoms with Crippen molar-refractivity contribution >= 4 is 5.91 Å². The molecular weight excluding hydrogens is 182 g/mol. The summed E-state index contributed by atoms with van der Waals surface area (Å²) in [7, 11) is 3.06. The highest BCUT2D eigenvalue weighted by molar-refractivity contribution is 5.78. The molecule has 0 saturated heterocycles. The van der Waals surface area contributed by atoms with Crippen molar-refractivity contribution in [3.8, 4) is 0 Å². The molecule has 5 nitrogen and oxygen atoms in total. The smallest absolute Gasteiger partial charge is 0.250 e. The summed E-state index contributed by atoms with van der Waals surface area (Å²) in [5.74, 6) is -0.0832. The summed E-state index contributed by atoms with van der Waals surface area (Å²) in [4.78, 5) is 16.3. The van der Waals surface area contributed by atoms with Crippen molar-refractivity contribution in [1.29, 1.82) is 0 Å². The number of aryl methyl sites for hydroxylation is 2. The lowest BCUT2D eigenvalue weighted by Crippen LogP contribution is -2.27. The summed E-state index contributed by atoms with van der Waals surface area (Å²) in [6.07, 6.45) is 0.318. The minimum atomic E-state index is -0.0832. The highest BCUT2D eigenvalue weighted by atomic mass is 16.7. The molecule has 1 amide bonds. The van der Waals surface area contributed by atoms with Crippen LogP contribution < -0.4 is 0 Å². The third-order valence-electron chi connectivity index (χ3n) is 2.23. The number of H-pyrrole nitrogens is 1. The Balaban J connectivity index is 2.74. The van der Waals surface area contributed by atoms with Gasteiger partial charge in [0.1, 0.15) is 0 Å². The molecule has 0 aliphatic rings. The summed E-state index contributed by atoms with van der Waals surface area (Å²) in [5.41, 5.74) is 2.74. The normalized spacial score (nSPS) is 10.3. The molecule has 0 spiro atoms. The third-order valence-corrected chi connectivity index (χ3v) is 2.23. The molecule has 1 heterocycles. The summed E-state index contributed by atoms with van der Waals surface area (Å²) in [6, 6.07) is 0. The monoisotopic (exact) mass is 197 g/mol. The summed E-state index contributed by atoms with van der Waals surface area (Å²) in [5, 5.41) is 8.07. The summed E-state index contributed by atoms with van der Waals surface area (Å²) < 4.78 is 0. The van der Waals surface area contributed by atoms with Crippen LogP contribution in [-0.4, -0.2) is 35.3 Å². The van der Waals surface area contributed by atoms with Crippen molar-refractivity contribution in [3.05, 3.63) is 17.0 Å². The molecule has 0 aromatic carbocycles. The Kier molecular flexibility index (Phi) is 3.24. The van der Waals surface area contributed by atoms with Crippen LogP contribution in [0.3, 0.4) is 0 Å². The highest BCUT2D eigenvalue weighted by Gasteiger charge is 2.14. The molecular formula is C9H15N3O2. The molecule has 0 bridgehead atoms. The molecule has 0 unspecified atom stereocenters. The Morgan fingerprint density at radius 1 is 1.57 bits per heavy atom. The summed E-state index contributed by atoms with van der Waals surface area (Å²) >= 11 is 0.